The molecule has 0 radical (unpaired) electrons. The number of ether oxygens (including phenoxy) is 1. The van der Waals surface area contributed by atoms with Crippen LogP contribution < -0.4 is 5.32 Å². The summed E-state index contributed by atoms with van der Waals surface area (Å²) >= 11 is 0. The van der Waals surface area contributed by atoms with Crippen molar-refractivity contribution in [3.05, 3.63) is 12.7 Å². The Balaban J connectivity index is 1.72. The normalized spacial score (nSPS) is 19.8. The molecule has 0 aliphatic carbocycles. The number of hydrogen-bond donors (Lipinski definition) is 1. The van der Waals surface area contributed by atoms with E-state index >= 15 is 0 Å². The molecule has 26 heavy (non-hydrogen) atoms. The number of amides is 3. The van der Waals surface area contributed by atoms with Gasteiger partial charge in [-0.2, -0.15) is 0 Å². The summed E-state index contributed by atoms with van der Waals surface area (Å²) in [6, 6.07) is 0.0917. The van der Waals surface area contributed by atoms with Crippen LogP contribution in [0.1, 0.15) is 46.5 Å². The van der Waals surface area contributed by atoms with Crippen LogP contribution in [0.2, 0.25) is 0 Å². The first kappa shape index (κ1) is 20.3. The predicted molar refractivity (Wildman–Crippen MR) is 98.5 cm³/mol. The molecule has 0 aromatic carbocycles. The van der Waals surface area contributed by atoms with Gasteiger partial charge in [0.15, 0.2) is 0 Å². The van der Waals surface area contributed by atoms with Crippen molar-refractivity contribution >= 4 is 17.9 Å². The van der Waals surface area contributed by atoms with Crippen molar-refractivity contribution in [1.82, 2.24) is 15.1 Å². The molecule has 3 amide bonds. The maximum absolute atomic E-state index is 12.5. The van der Waals surface area contributed by atoms with Crippen molar-refractivity contribution in [2.75, 3.05) is 26.2 Å². The number of nitrogens with zero attached hydrogens (tertiary/aromatic N) is 2. The summed E-state index contributed by atoms with van der Waals surface area (Å²) in [6.07, 6.45) is 3.86. The van der Waals surface area contributed by atoms with E-state index in [1.54, 1.807) is 9.80 Å². The molecular formula is C19H31N3O4. The van der Waals surface area contributed by atoms with Gasteiger partial charge in [0.05, 0.1) is 0 Å². The third kappa shape index (κ3) is 5.75. The third-order valence-electron chi connectivity index (χ3n) is 4.85. The lowest BCUT2D eigenvalue weighted by atomic mass is 9.94. The molecule has 1 N–H and O–H groups in total. The van der Waals surface area contributed by atoms with Gasteiger partial charge >= 0.3 is 6.09 Å². The molecule has 2 saturated heterocycles. The summed E-state index contributed by atoms with van der Waals surface area (Å²) in [5.41, 5.74) is -0.496. The highest BCUT2D eigenvalue weighted by molar-refractivity contribution is 5.87. The summed E-state index contributed by atoms with van der Waals surface area (Å²) in [6.45, 7) is 11.4. The van der Waals surface area contributed by atoms with Gasteiger partial charge in [-0.05, 0) is 52.5 Å². The Bertz CT molecular complexity index is 539. The first-order valence-electron chi connectivity index (χ1n) is 9.39. The van der Waals surface area contributed by atoms with E-state index in [-0.39, 0.29) is 29.9 Å². The van der Waals surface area contributed by atoms with E-state index in [2.05, 4.69) is 11.9 Å². The summed E-state index contributed by atoms with van der Waals surface area (Å²) in [5.74, 6) is -0.0578. The Kier molecular flexibility index (Phi) is 6.67. The van der Waals surface area contributed by atoms with Crippen LogP contribution in [-0.2, 0) is 14.3 Å². The van der Waals surface area contributed by atoms with Crippen LogP contribution in [0.3, 0.4) is 0 Å². The lowest BCUT2D eigenvalue weighted by Gasteiger charge is -2.35. The van der Waals surface area contributed by atoms with Crippen LogP contribution in [0.4, 0.5) is 4.79 Å². The summed E-state index contributed by atoms with van der Waals surface area (Å²) < 4.78 is 5.39. The van der Waals surface area contributed by atoms with E-state index in [9.17, 15) is 14.4 Å². The molecular weight excluding hydrogens is 334 g/mol. The van der Waals surface area contributed by atoms with Gasteiger partial charge in [-0.15, -0.1) is 0 Å². The Labute approximate surface area is 155 Å². The average molecular weight is 365 g/mol. The Morgan fingerprint density at radius 3 is 2.04 bits per heavy atom. The van der Waals surface area contributed by atoms with E-state index in [0.29, 0.717) is 39.0 Å². The number of carbonyl (C=O) groups is 3. The number of rotatable bonds is 3. The largest absolute Gasteiger partial charge is 0.444 e. The zero-order valence-electron chi connectivity index (χ0n) is 16.1. The fourth-order valence-electron chi connectivity index (χ4n) is 3.34. The van der Waals surface area contributed by atoms with E-state index in [1.807, 2.05) is 20.8 Å². The van der Waals surface area contributed by atoms with Crippen molar-refractivity contribution in [2.45, 2.75) is 58.1 Å². The van der Waals surface area contributed by atoms with Gasteiger partial charge < -0.3 is 19.9 Å². The maximum atomic E-state index is 12.5. The van der Waals surface area contributed by atoms with Crippen molar-refractivity contribution < 1.29 is 19.1 Å². The van der Waals surface area contributed by atoms with Crippen LogP contribution >= 0.6 is 0 Å². The van der Waals surface area contributed by atoms with Gasteiger partial charge in [0.25, 0.3) is 0 Å². The lowest BCUT2D eigenvalue weighted by molar-refractivity contribution is -0.132. The fourth-order valence-corrected chi connectivity index (χ4v) is 3.34. The molecule has 2 heterocycles. The topological polar surface area (TPSA) is 79.0 Å². The van der Waals surface area contributed by atoms with Crippen LogP contribution in [0, 0.1) is 5.92 Å². The van der Waals surface area contributed by atoms with Gasteiger partial charge in [-0.3, -0.25) is 9.59 Å². The van der Waals surface area contributed by atoms with Crippen molar-refractivity contribution in [2.24, 2.45) is 5.92 Å². The molecule has 2 aliphatic heterocycles. The van der Waals surface area contributed by atoms with Crippen LogP contribution in [0.25, 0.3) is 0 Å². The van der Waals surface area contributed by atoms with Crippen LogP contribution in [-0.4, -0.2) is 65.5 Å². The molecule has 0 atom stereocenters. The number of hydrogen-bond acceptors (Lipinski definition) is 4. The second kappa shape index (κ2) is 8.56. The molecule has 0 aromatic heterocycles. The summed E-state index contributed by atoms with van der Waals surface area (Å²) in [5, 5.41) is 3.11. The van der Waals surface area contributed by atoms with Crippen LogP contribution in [0.15, 0.2) is 12.7 Å². The number of carbonyl (C=O) groups excluding carboxylic acids is 3. The molecule has 146 valence electrons. The molecule has 0 saturated carbocycles. The standard InChI is InChI=1S/C19H31N3O4/c1-5-16(23)21-10-6-14(7-11-21)17(24)20-15-8-12-22(13-9-15)18(25)26-19(2,3)4/h5,14-15H,1,6-13H2,2-4H3,(H,20,24). The Morgan fingerprint density at radius 2 is 1.54 bits per heavy atom. The molecule has 0 bridgehead atoms. The Morgan fingerprint density at radius 1 is 1.00 bits per heavy atom. The zero-order valence-corrected chi connectivity index (χ0v) is 16.1. The van der Waals surface area contributed by atoms with Crippen molar-refractivity contribution in [1.29, 1.82) is 0 Å². The molecule has 0 unspecified atom stereocenters. The minimum absolute atomic E-state index is 0.0484. The van der Waals surface area contributed by atoms with Crippen molar-refractivity contribution in [3.63, 3.8) is 0 Å². The summed E-state index contributed by atoms with van der Waals surface area (Å²) in [7, 11) is 0. The van der Waals surface area contributed by atoms with E-state index in [4.69, 9.17) is 4.74 Å². The highest BCUT2D eigenvalue weighted by atomic mass is 16.6. The maximum Gasteiger partial charge on any atom is 0.410 e. The lowest BCUT2D eigenvalue weighted by Crippen LogP contribution is -2.50. The molecule has 0 aromatic rings. The van der Waals surface area contributed by atoms with Gasteiger partial charge in [0.1, 0.15) is 5.60 Å². The SMILES string of the molecule is C=CC(=O)N1CCC(C(=O)NC2CCN(C(=O)OC(C)(C)C)CC2)CC1. The van der Waals surface area contributed by atoms with Crippen molar-refractivity contribution in [3.8, 4) is 0 Å². The second-order valence-electron chi connectivity index (χ2n) is 8.05. The smallest absolute Gasteiger partial charge is 0.410 e. The first-order chi connectivity index (χ1) is 12.2. The Hall–Kier alpha value is -2.05. The van der Waals surface area contributed by atoms with Gasteiger partial charge in [0.2, 0.25) is 11.8 Å². The first-order valence-corrected chi connectivity index (χ1v) is 9.39. The second-order valence-corrected chi connectivity index (χ2v) is 8.05. The molecule has 2 fully saturated rings. The minimum atomic E-state index is -0.496. The highest BCUT2D eigenvalue weighted by Gasteiger charge is 2.30. The number of likely N-dealkylation sites (tertiary alicyclic amines) is 2. The molecule has 7 nitrogen and oxygen atoms in total. The zero-order chi connectivity index (χ0) is 19.3. The van der Waals surface area contributed by atoms with Gasteiger partial charge in [-0.25, -0.2) is 4.79 Å². The van der Waals surface area contributed by atoms with E-state index in [1.165, 1.54) is 6.08 Å². The fraction of sp³-hybridized carbons (Fsp3) is 0.737. The van der Waals surface area contributed by atoms with Gasteiger partial charge in [-0.1, -0.05) is 6.58 Å². The number of piperidine rings is 2. The molecule has 2 aliphatic rings. The summed E-state index contributed by atoms with van der Waals surface area (Å²) in [4.78, 5) is 39.6. The third-order valence-corrected chi connectivity index (χ3v) is 4.85. The van der Waals surface area contributed by atoms with Gasteiger partial charge in [0, 0.05) is 38.1 Å². The quantitative estimate of drug-likeness (QED) is 0.775. The monoisotopic (exact) mass is 365 g/mol. The highest BCUT2D eigenvalue weighted by Crippen LogP contribution is 2.20. The van der Waals surface area contributed by atoms with Crippen LogP contribution in [0.5, 0.6) is 0 Å². The predicted octanol–water partition coefficient (Wildman–Crippen LogP) is 1.93. The average Bonchev–Trinajstić information content (AvgIpc) is 2.60. The van der Waals surface area contributed by atoms with E-state index in [0.717, 1.165) is 12.8 Å². The minimum Gasteiger partial charge on any atom is -0.444 e. The molecule has 7 heteroatoms. The molecule has 0 spiro atoms. The number of nitrogens with one attached hydrogen (secondary N) is 1. The van der Waals surface area contributed by atoms with E-state index < -0.39 is 5.60 Å². The molecule has 2 rings (SSSR count).